The molecule has 0 saturated heterocycles. The van der Waals surface area contributed by atoms with Crippen LogP contribution in [0.25, 0.3) is 11.3 Å². The molecule has 0 atom stereocenters. The molecule has 214 valence electrons. The predicted molar refractivity (Wildman–Crippen MR) is 144 cm³/mol. The van der Waals surface area contributed by atoms with E-state index in [9.17, 15) is 32.9 Å². The van der Waals surface area contributed by atoms with E-state index in [-0.39, 0.29) is 17.5 Å². The van der Waals surface area contributed by atoms with Crippen molar-refractivity contribution in [1.82, 2.24) is 5.32 Å². The number of nitrogens with zero attached hydrogens (tertiary/aromatic N) is 1. The number of amides is 2. The van der Waals surface area contributed by atoms with Gasteiger partial charge in [-0.15, -0.1) is 0 Å². The fraction of sp³-hybridized carbons (Fsp3) is 0.148. The number of hydrogen-bond donors (Lipinski definition) is 5. The van der Waals surface area contributed by atoms with E-state index in [0.29, 0.717) is 41.2 Å². The van der Waals surface area contributed by atoms with E-state index in [4.69, 9.17) is 15.6 Å². The first kappa shape index (κ1) is 30.3. The van der Waals surface area contributed by atoms with E-state index in [1.54, 1.807) is 0 Å². The number of rotatable bonds is 7. The summed E-state index contributed by atoms with van der Waals surface area (Å²) in [6.45, 7) is 2.24. The number of nitro benzene ring substituents is 1. The van der Waals surface area contributed by atoms with Gasteiger partial charge < -0.3 is 26.8 Å². The lowest BCUT2D eigenvalue weighted by atomic mass is 9.98. The third-order valence-corrected chi connectivity index (χ3v) is 5.69. The van der Waals surface area contributed by atoms with E-state index >= 15 is 0 Å². The number of carboxylic acids is 1. The maximum Gasteiger partial charge on any atom is 0.490 e. The molecule has 6 N–H and O–H groups in total. The molecule has 14 heteroatoms. The third-order valence-electron chi connectivity index (χ3n) is 5.69. The summed E-state index contributed by atoms with van der Waals surface area (Å²) in [5.74, 6) is -3.25. The van der Waals surface area contributed by atoms with Gasteiger partial charge in [0.15, 0.2) is 0 Å². The Balaban J connectivity index is 0.000000587. The summed E-state index contributed by atoms with van der Waals surface area (Å²) < 4.78 is 31.7. The summed E-state index contributed by atoms with van der Waals surface area (Å²) in [6, 6.07) is 19.1. The molecule has 0 radical (unpaired) electrons. The second-order valence-corrected chi connectivity index (χ2v) is 8.63. The molecule has 1 aliphatic heterocycles. The second kappa shape index (κ2) is 12.7. The van der Waals surface area contributed by atoms with Crippen LogP contribution in [0.5, 0.6) is 0 Å². The molecule has 11 nitrogen and oxygen atoms in total. The maximum atomic E-state index is 13.0. The number of carbonyl (C=O) groups excluding carboxylic acids is 2. The van der Waals surface area contributed by atoms with Crippen LogP contribution < -0.4 is 21.7 Å². The lowest BCUT2D eigenvalue weighted by Crippen LogP contribution is -2.21. The Morgan fingerprint density at radius 2 is 1.61 bits per heavy atom. The molecule has 0 saturated carbocycles. The molecule has 0 unspecified atom stereocenters. The largest absolute Gasteiger partial charge is 0.490 e. The minimum atomic E-state index is -5.08. The number of halogens is 3. The van der Waals surface area contributed by atoms with Gasteiger partial charge in [0, 0.05) is 49.1 Å². The summed E-state index contributed by atoms with van der Waals surface area (Å²) in [7, 11) is 0. The summed E-state index contributed by atoms with van der Waals surface area (Å²) in [4.78, 5) is 44.0. The summed E-state index contributed by atoms with van der Waals surface area (Å²) in [6.07, 6.45) is -5.08. The molecule has 0 spiro atoms. The molecule has 0 fully saturated rings. The van der Waals surface area contributed by atoms with Crippen LogP contribution in [0, 0.1) is 10.1 Å². The molecule has 0 aliphatic carbocycles. The fourth-order valence-corrected chi connectivity index (χ4v) is 3.68. The fourth-order valence-electron chi connectivity index (χ4n) is 3.68. The van der Waals surface area contributed by atoms with Crippen LogP contribution in [-0.4, -0.2) is 34.0 Å². The van der Waals surface area contributed by atoms with Crippen LogP contribution in [0.2, 0.25) is 0 Å². The van der Waals surface area contributed by atoms with Crippen molar-refractivity contribution in [2.45, 2.75) is 26.2 Å². The van der Waals surface area contributed by atoms with E-state index in [0.717, 1.165) is 16.8 Å². The number of nitrogens with one attached hydrogen (secondary N) is 3. The number of anilines is 2. The SMILES string of the molecule is CC(=O)NCc1ccc(/C(Nc2ccc(CN)cc2)=C2/C(=O)Nc3ccc([N+](=O)[O-])cc32)cc1.O=C(O)C(F)(F)F. The van der Waals surface area contributed by atoms with Crippen molar-refractivity contribution >= 4 is 46.1 Å². The second-order valence-electron chi connectivity index (χ2n) is 8.63. The quantitative estimate of drug-likeness (QED) is 0.159. The van der Waals surface area contributed by atoms with Crippen LogP contribution in [0.1, 0.15) is 29.2 Å². The van der Waals surface area contributed by atoms with Crippen LogP contribution >= 0.6 is 0 Å². The molecular weight excluding hydrogens is 547 g/mol. The Bertz CT molecular complexity index is 1500. The first-order valence-corrected chi connectivity index (χ1v) is 11.8. The summed E-state index contributed by atoms with van der Waals surface area (Å²) >= 11 is 0. The highest BCUT2D eigenvalue weighted by Gasteiger charge is 2.38. The molecule has 3 aromatic carbocycles. The monoisotopic (exact) mass is 571 g/mol. The number of benzene rings is 3. The lowest BCUT2D eigenvalue weighted by molar-refractivity contribution is -0.384. The van der Waals surface area contributed by atoms with Crippen molar-refractivity contribution in [3.05, 3.63) is 99.1 Å². The smallest absolute Gasteiger partial charge is 0.475 e. The Morgan fingerprint density at radius 3 is 2.12 bits per heavy atom. The van der Waals surface area contributed by atoms with Crippen molar-refractivity contribution in [2.24, 2.45) is 5.73 Å². The van der Waals surface area contributed by atoms with Crippen molar-refractivity contribution in [3.8, 4) is 0 Å². The average molecular weight is 572 g/mol. The minimum Gasteiger partial charge on any atom is -0.475 e. The van der Waals surface area contributed by atoms with Gasteiger partial charge in [-0.3, -0.25) is 19.7 Å². The predicted octanol–water partition coefficient (Wildman–Crippen LogP) is 4.26. The highest BCUT2D eigenvalue weighted by atomic mass is 19.4. The normalized spacial score (nSPS) is 13.2. The minimum absolute atomic E-state index is 0.106. The van der Waals surface area contributed by atoms with Crippen molar-refractivity contribution in [1.29, 1.82) is 0 Å². The number of alkyl halides is 3. The molecule has 0 bridgehead atoms. The summed E-state index contributed by atoms with van der Waals surface area (Å²) in [5, 5.41) is 27.3. The highest BCUT2D eigenvalue weighted by molar-refractivity contribution is 6.37. The Hall–Kier alpha value is -5.24. The molecular formula is C27H24F3N5O6. The molecule has 4 rings (SSSR count). The van der Waals surface area contributed by atoms with Crippen molar-refractivity contribution in [3.63, 3.8) is 0 Å². The Labute approximate surface area is 231 Å². The maximum absolute atomic E-state index is 13.0. The molecule has 3 aromatic rings. The van der Waals surface area contributed by atoms with E-state index in [1.165, 1.54) is 25.1 Å². The van der Waals surface area contributed by atoms with Crippen LogP contribution in [-0.2, 0) is 27.5 Å². The van der Waals surface area contributed by atoms with Gasteiger partial charge in [0.1, 0.15) is 0 Å². The summed E-state index contributed by atoms with van der Waals surface area (Å²) in [5.41, 5.74) is 10.6. The third kappa shape index (κ3) is 7.89. The Morgan fingerprint density at radius 1 is 1.02 bits per heavy atom. The number of aliphatic carboxylic acids is 1. The number of nitrogens with two attached hydrogens (primary N) is 1. The standard InChI is InChI=1S/C25H23N5O4.C2HF3O2/c1-15(31)27-14-17-2-6-18(7-3-17)24(28-19-8-4-16(13-26)5-9-19)23-21-12-20(30(33)34)10-11-22(21)29-25(23)32;3-2(4,5)1(6)7/h2-12,28H,13-14,26H2,1H3,(H,27,31)(H,29,32);(H,6,7)/b24-23-;. The van der Waals surface area contributed by atoms with Crippen LogP contribution in [0.3, 0.4) is 0 Å². The zero-order chi connectivity index (χ0) is 30.3. The van der Waals surface area contributed by atoms with Gasteiger partial charge in [-0.1, -0.05) is 36.4 Å². The number of nitro groups is 1. The van der Waals surface area contributed by atoms with Crippen LogP contribution in [0.4, 0.5) is 30.2 Å². The molecule has 0 aromatic heterocycles. The van der Waals surface area contributed by atoms with Gasteiger partial charge in [-0.25, -0.2) is 4.79 Å². The van der Waals surface area contributed by atoms with E-state index in [2.05, 4.69) is 16.0 Å². The average Bonchev–Trinajstić information content (AvgIpc) is 3.25. The Kier molecular flexibility index (Phi) is 9.42. The molecule has 2 amide bonds. The van der Waals surface area contributed by atoms with Gasteiger partial charge >= 0.3 is 12.1 Å². The lowest BCUT2D eigenvalue weighted by Gasteiger charge is -2.16. The number of carbonyl (C=O) groups is 3. The molecule has 41 heavy (non-hydrogen) atoms. The van der Waals surface area contributed by atoms with Gasteiger partial charge in [0.25, 0.3) is 11.6 Å². The van der Waals surface area contributed by atoms with E-state index in [1.807, 2.05) is 48.5 Å². The first-order valence-electron chi connectivity index (χ1n) is 11.8. The van der Waals surface area contributed by atoms with Crippen molar-refractivity contribution < 1.29 is 37.6 Å². The zero-order valence-electron chi connectivity index (χ0n) is 21.4. The number of non-ortho nitro benzene ring substituents is 1. The number of hydrogen-bond acceptors (Lipinski definition) is 7. The van der Waals surface area contributed by atoms with Gasteiger partial charge in [0.2, 0.25) is 5.91 Å². The van der Waals surface area contributed by atoms with Crippen molar-refractivity contribution in [2.75, 3.05) is 10.6 Å². The molecule has 1 aliphatic rings. The number of carboxylic acid groups (broad SMARTS) is 1. The van der Waals surface area contributed by atoms with E-state index < -0.39 is 17.1 Å². The first-order chi connectivity index (χ1) is 19.3. The molecule has 1 heterocycles. The number of fused-ring (bicyclic) bond motifs is 1. The van der Waals surface area contributed by atoms with Gasteiger partial charge in [-0.2, -0.15) is 13.2 Å². The van der Waals surface area contributed by atoms with Crippen LogP contribution in [0.15, 0.2) is 66.7 Å². The zero-order valence-corrected chi connectivity index (χ0v) is 21.4. The highest BCUT2D eigenvalue weighted by Crippen LogP contribution is 2.39. The van der Waals surface area contributed by atoms with Gasteiger partial charge in [0.05, 0.1) is 16.2 Å². The van der Waals surface area contributed by atoms with Gasteiger partial charge in [-0.05, 0) is 34.9 Å². The topological polar surface area (TPSA) is 177 Å².